The first-order chi connectivity index (χ1) is 7.54. The molecule has 1 aromatic rings. The number of likely N-dealkylation sites (N-methyl/N-ethyl adjacent to an activating group) is 1. The number of nitrogens with zero attached hydrogens (tertiary/aromatic N) is 1. The van der Waals surface area contributed by atoms with Crippen LogP contribution in [0, 0.1) is 5.82 Å². The van der Waals surface area contributed by atoms with Gasteiger partial charge in [-0.05, 0) is 41.1 Å². The van der Waals surface area contributed by atoms with Crippen molar-refractivity contribution < 1.29 is 13.9 Å². The van der Waals surface area contributed by atoms with Crippen LogP contribution in [0.3, 0.4) is 0 Å². The van der Waals surface area contributed by atoms with Crippen LogP contribution in [0.1, 0.15) is 6.92 Å². The zero-order valence-electron chi connectivity index (χ0n) is 9.17. The van der Waals surface area contributed by atoms with Gasteiger partial charge in [0.1, 0.15) is 11.6 Å². The van der Waals surface area contributed by atoms with Crippen LogP contribution in [0.2, 0.25) is 0 Å². The van der Waals surface area contributed by atoms with Crippen molar-refractivity contribution in [2.45, 2.75) is 6.92 Å². The van der Waals surface area contributed by atoms with Crippen molar-refractivity contribution in [3.05, 3.63) is 28.5 Å². The standard InChI is InChI=1S/C11H13BrFNO2/c1-3-14(2)11(15)7-16-10-5-4-8(13)6-9(10)12/h4-6H,3,7H2,1-2H3. The quantitative estimate of drug-likeness (QED) is 0.852. The highest BCUT2D eigenvalue weighted by molar-refractivity contribution is 9.10. The van der Waals surface area contributed by atoms with Crippen LogP contribution in [0.25, 0.3) is 0 Å². The number of carbonyl (C=O) groups is 1. The molecule has 88 valence electrons. The number of amides is 1. The Morgan fingerprint density at radius 3 is 2.81 bits per heavy atom. The average Bonchev–Trinajstić information content (AvgIpc) is 2.26. The molecular formula is C11H13BrFNO2. The van der Waals surface area contributed by atoms with Gasteiger partial charge in [-0.3, -0.25) is 4.79 Å². The molecule has 0 saturated heterocycles. The molecule has 0 aliphatic carbocycles. The summed E-state index contributed by atoms with van der Waals surface area (Å²) in [5, 5.41) is 0. The van der Waals surface area contributed by atoms with Crippen molar-refractivity contribution >= 4 is 21.8 Å². The van der Waals surface area contributed by atoms with Crippen LogP contribution in [0.5, 0.6) is 5.75 Å². The molecule has 3 nitrogen and oxygen atoms in total. The predicted octanol–water partition coefficient (Wildman–Crippen LogP) is 2.45. The van der Waals surface area contributed by atoms with Crippen molar-refractivity contribution in [2.75, 3.05) is 20.2 Å². The molecule has 0 aliphatic rings. The molecule has 0 N–H and O–H groups in total. The summed E-state index contributed by atoms with van der Waals surface area (Å²) in [5.41, 5.74) is 0. The van der Waals surface area contributed by atoms with Crippen molar-refractivity contribution in [1.82, 2.24) is 4.90 Å². The third-order valence-corrected chi connectivity index (χ3v) is 2.76. The van der Waals surface area contributed by atoms with Gasteiger partial charge in [0.15, 0.2) is 6.61 Å². The number of benzene rings is 1. The second-order valence-electron chi connectivity index (χ2n) is 3.27. The van der Waals surface area contributed by atoms with E-state index in [9.17, 15) is 9.18 Å². The van der Waals surface area contributed by atoms with Gasteiger partial charge in [-0.15, -0.1) is 0 Å². The van der Waals surface area contributed by atoms with E-state index in [0.29, 0.717) is 16.8 Å². The fourth-order valence-corrected chi connectivity index (χ4v) is 1.48. The van der Waals surface area contributed by atoms with Gasteiger partial charge in [0.25, 0.3) is 5.91 Å². The van der Waals surface area contributed by atoms with E-state index in [-0.39, 0.29) is 18.3 Å². The van der Waals surface area contributed by atoms with Crippen molar-refractivity contribution in [2.24, 2.45) is 0 Å². The number of rotatable bonds is 4. The minimum absolute atomic E-state index is 0.0471. The molecule has 0 radical (unpaired) electrons. The lowest BCUT2D eigenvalue weighted by molar-refractivity contribution is -0.131. The zero-order chi connectivity index (χ0) is 12.1. The summed E-state index contributed by atoms with van der Waals surface area (Å²) in [5.74, 6) is -0.00536. The largest absolute Gasteiger partial charge is 0.483 e. The Bertz CT molecular complexity index is 384. The maximum Gasteiger partial charge on any atom is 0.260 e. The minimum Gasteiger partial charge on any atom is -0.483 e. The Balaban J connectivity index is 2.58. The summed E-state index contributed by atoms with van der Waals surface area (Å²) in [6.07, 6.45) is 0. The highest BCUT2D eigenvalue weighted by Gasteiger charge is 2.09. The van der Waals surface area contributed by atoms with Gasteiger partial charge >= 0.3 is 0 Å². The minimum atomic E-state index is -0.351. The molecule has 0 saturated carbocycles. The zero-order valence-corrected chi connectivity index (χ0v) is 10.8. The van der Waals surface area contributed by atoms with Crippen LogP contribution in [0.4, 0.5) is 4.39 Å². The molecule has 0 spiro atoms. The molecule has 1 amide bonds. The van der Waals surface area contributed by atoms with E-state index >= 15 is 0 Å². The molecule has 1 aromatic carbocycles. The van der Waals surface area contributed by atoms with Crippen LogP contribution in [-0.2, 0) is 4.79 Å². The van der Waals surface area contributed by atoms with Gasteiger partial charge in [0.2, 0.25) is 0 Å². The van der Waals surface area contributed by atoms with Crippen LogP contribution in [-0.4, -0.2) is 31.0 Å². The van der Waals surface area contributed by atoms with Crippen LogP contribution in [0.15, 0.2) is 22.7 Å². The number of carbonyl (C=O) groups excluding carboxylic acids is 1. The fraction of sp³-hybridized carbons (Fsp3) is 0.364. The predicted molar refractivity (Wildman–Crippen MR) is 62.9 cm³/mol. The van der Waals surface area contributed by atoms with E-state index in [1.165, 1.54) is 18.2 Å². The lowest BCUT2D eigenvalue weighted by atomic mass is 10.3. The van der Waals surface area contributed by atoms with E-state index < -0.39 is 0 Å². The SMILES string of the molecule is CCN(C)C(=O)COc1ccc(F)cc1Br. The molecule has 0 aromatic heterocycles. The smallest absolute Gasteiger partial charge is 0.260 e. The summed E-state index contributed by atoms with van der Waals surface area (Å²) in [4.78, 5) is 13.0. The fourth-order valence-electron chi connectivity index (χ4n) is 1.02. The summed E-state index contributed by atoms with van der Waals surface area (Å²) in [6, 6.07) is 4.07. The van der Waals surface area contributed by atoms with Gasteiger partial charge in [0.05, 0.1) is 4.47 Å². The highest BCUT2D eigenvalue weighted by atomic mass is 79.9. The number of halogens is 2. The Morgan fingerprint density at radius 1 is 1.56 bits per heavy atom. The summed E-state index contributed by atoms with van der Waals surface area (Å²) < 4.78 is 18.5. The van der Waals surface area contributed by atoms with Gasteiger partial charge < -0.3 is 9.64 Å². The molecule has 0 atom stereocenters. The topological polar surface area (TPSA) is 29.5 Å². The molecule has 0 fully saturated rings. The Hall–Kier alpha value is -1.10. The van der Waals surface area contributed by atoms with E-state index in [1.807, 2.05) is 6.92 Å². The maximum absolute atomic E-state index is 12.8. The molecule has 0 bridgehead atoms. The molecule has 16 heavy (non-hydrogen) atoms. The first-order valence-corrected chi connectivity index (χ1v) is 5.65. The molecule has 5 heteroatoms. The third kappa shape index (κ3) is 3.48. The van der Waals surface area contributed by atoms with Crippen LogP contribution < -0.4 is 4.74 Å². The lowest BCUT2D eigenvalue weighted by Crippen LogP contribution is -2.31. The van der Waals surface area contributed by atoms with E-state index in [4.69, 9.17) is 4.74 Å². The molecular weight excluding hydrogens is 277 g/mol. The van der Waals surface area contributed by atoms with E-state index in [1.54, 1.807) is 11.9 Å². The van der Waals surface area contributed by atoms with Gasteiger partial charge in [0, 0.05) is 13.6 Å². The Kier molecular flexibility index (Phi) is 4.73. The monoisotopic (exact) mass is 289 g/mol. The highest BCUT2D eigenvalue weighted by Crippen LogP contribution is 2.25. The molecule has 1 rings (SSSR count). The number of ether oxygens (including phenoxy) is 1. The first kappa shape index (κ1) is 13.0. The van der Waals surface area contributed by atoms with Gasteiger partial charge in [-0.2, -0.15) is 0 Å². The Labute approximate surface area is 102 Å². The summed E-state index contributed by atoms with van der Waals surface area (Å²) in [6.45, 7) is 2.47. The van der Waals surface area contributed by atoms with Gasteiger partial charge in [-0.1, -0.05) is 0 Å². The van der Waals surface area contributed by atoms with Crippen molar-refractivity contribution in [1.29, 1.82) is 0 Å². The number of hydrogen-bond acceptors (Lipinski definition) is 2. The normalized spacial score (nSPS) is 10.0. The average molecular weight is 290 g/mol. The van der Waals surface area contributed by atoms with Gasteiger partial charge in [-0.25, -0.2) is 4.39 Å². The van der Waals surface area contributed by atoms with E-state index in [0.717, 1.165) is 0 Å². The van der Waals surface area contributed by atoms with Crippen LogP contribution >= 0.6 is 15.9 Å². The second kappa shape index (κ2) is 5.84. The second-order valence-corrected chi connectivity index (χ2v) is 4.13. The lowest BCUT2D eigenvalue weighted by Gasteiger charge is -2.15. The van der Waals surface area contributed by atoms with Crippen molar-refractivity contribution in [3.8, 4) is 5.75 Å². The van der Waals surface area contributed by atoms with E-state index in [2.05, 4.69) is 15.9 Å². The van der Waals surface area contributed by atoms with Crippen molar-refractivity contribution in [3.63, 3.8) is 0 Å². The Morgan fingerprint density at radius 2 is 2.25 bits per heavy atom. The summed E-state index contributed by atoms with van der Waals surface area (Å²) >= 11 is 3.16. The first-order valence-electron chi connectivity index (χ1n) is 4.86. The molecule has 0 unspecified atom stereocenters. The summed E-state index contributed by atoms with van der Waals surface area (Å²) in [7, 11) is 1.70. The molecule has 0 heterocycles. The third-order valence-electron chi connectivity index (χ3n) is 2.15. The maximum atomic E-state index is 12.8. The number of hydrogen-bond donors (Lipinski definition) is 0. The molecule has 0 aliphatic heterocycles.